The van der Waals surface area contributed by atoms with E-state index in [0.717, 1.165) is 32.2 Å². The maximum atomic E-state index is 13.0. The lowest BCUT2D eigenvalue weighted by molar-refractivity contribution is -0.159. The number of hydrogen-bond donors (Lipinski definition) is 2. The van der Waals surface area contributed by atoms with Gasteiger partial charge in [-0.15, -0.1) is 0 Å². The largest absolute Gasteiger partial charge is 0.480 e. The molecule has 0 aromatic heterocycles. The highest BCUT2D eigenvalue weighted by Gasteiger charge is 2.45. The van der Waals surface area contributed by atoms with Crippen LogP contribution in [-0.2, 0) is 9.59 Å². The van der Waals surface area contributed by atoms with Gasteiger partial charge in [-0.05, 0) is 44.6 Å². The fourth-order valence-corrected chi connectivity index (χ4v) is 3.53. The summed E-state index contributed by atoms with van der Waals surface area (Å²) in [6.45, 7) is 6.32. The van der Waals surface area contributed by atoms with Gasteiger partial charge in [0.15, 0.2) is 0 Å². The minimum Gasteiger partial charge on any atom is -0.480 e. The Hall–Kier alpha value is -1.10. The van der Waals surface area contributed by atoms with E-state index >= 15 is 0 Å². The van der Waals surface area contributed by atoms with Crippen LogP contribution in [0.15, 0.2) is 0 Å². The Kier molecular flexibility index (Phi) is 4.68. The second-order valence-corrected chi connectivity index (χ2v) is 6.40. The van der Waals surface area contributed by atoms with Gasteiger partial charge in [0.2, 0.25) is 5.91 Å². The third-order valence-corrected chi connectivity index (χ3v) is 5.01. The average molecular weight is 282 g/mol. The highest BCUT2D eigenvalue weighted by Crippen LogP contribution is 2.35. The van der Waals surface area contributed by atoms with Crippen molar-refractivity contribution in [2.24, 2.45) is 11.3 Å². The van der Waals surface area contributed by atoms with Crippen molar-refractivity contribution in [1.82, 2.24) is 10.2 Å². The molecule has 0 aromatic carbocycles. The number of nitrogens with one attached hydrogen (secondary N) is 1. The van der Waals surface area contributed by atoms with Crippen molar-refractivity contribution in [3.8, 4) is 0 Å². The van der Waals surface area contributed by atoms with Crippen molar-refractivity contribution in [1.29, 1.82) is 0 Å². The summed E-state index contributed by atoms with van der Waals surface area (Å²) in [5.41, 5.74) is -0.396. The topological polar surface area (TPSA) is 69.6 Å². The Labute approximate surface area is 120 Å². The molecule has 20 heavy (non-hydrogen) atoms. The zero-order valence-corrected chi connectivity index (χ0v) is 12.5. The van der Waals surface area contributed by atoms with Crippen LogP contribution < -0.4 is 5.32 Å². The van der Waals surface area contributed by atoms with E-state index in [1.165, 1.54) is 0 Å². The number of amides is 1. The standard InChI is InChI=1S/C15H26N2O3/c1-3-15(6-4-7-16-10-15)14(20)17-8-5-11(2)9-12(17)13(18)19/h11-12,16H,3-10H2,1-2H3,(H,18,19). The van der Waals surface area contributed by atoms with Crippen molar-refractivity contribution < 1.29 is 14.7 Å². The van der Waals surface area contributed by atoms with E-state index in [2.05, 4.69) is 12.2 Å². The lowest BCUT2D eigenvalue weighted by atomic mass is 9.76. The van der Waals surface area contributed by atoms with Crippen LogP contribution in [0.4, 0.5) is 0 Å². The normalized spacial score (nSPS) is 34.8. The first-order valence-corrected chi connectivity index (χ1v) is 7.75. The average Bonchev–Trinajstić information content (AvgIpc) is 2.47. The lowest BCUT2D eigenvalue weighted by Gasteiger charge is -2.44. The molecule has 0 bridgehead atoms. The monoisotopic (exact) mass is 282 g/mol. The third kappa shape index (κ3) is 2.82. The van der Waals surface area contributed by atoms with Crippen LogP contribution in [0.25, 0.3) is 0 Å². The molecule has 2 saturated heterocycles. The molecule has 2 N–H and O–H groups in total. The molecule has 0 spiro atoms. The summed E-state index contributed by atoms with van der Waals surface area (Å²) in [5, 5.41) is 12.7. The van der Waals surface area contributed by atoms with Gasteiger partial charge in [-0.25, -0.2) is 4.79 Å². The number of nitrogens with zero attached hydrogens (tertiary/aromatic N) is 1. The minimum absolute atomic E-state index is 0.0477. The number of rotatable bonds is 3. The number of carboxylic acids is 1. The van der Waals surface area contributed by atoms with Crippen LogP contribution in [0.5, 0.6) is 0 Å². The quantitative estimate of drug-likeness (QED) is 0.822. The SMILES string of the molecule is CCC1(C(=O)N2CCC(C)CC2C(=O)O)CCCNC1. The van der Waals surface area contributed by atoms with Crippen LogP contribution in [0.2, 0.25) is 0 Å². The molecular formula is C15H26N2O3. The first-order chi connectivity index (χ1) is 9.50. The van der Waals surface area contributed by atoms with Crippen molar-refractivity contribution in [3.63, 3.8) is 0 Å². The summed E-state index contributed by atoms with van der Waals surface area (Å²) in [4.78, 5) is 26.1. The summed E-state index contributed by atoms with van der Waals surface area (Å²) < 4.78 is 0. The van der Waals surface area contributed by atoms with Gasteiger partial charge in [0.05, 0.1) is 5.41 Å². The van der Waals surface area contributed by atoms with Gasteiger partial charge in [-0.3, -0.25) is 4.79 Å². The van der Waals surface area contributed by atoms with Crippen molar-refractivity contribution in [2.45, 2.75) is 52.0 Å². The summed E-state index contributed by atoms with van der Waals surface area (Å²) in [5.74, 6) is -0.436. The van der Waals surface area contributed by atoms with E-state index in [9.17, 15) is 14.7 Å². The van der Waals surface area contributed by atoms with Crippen LogP contribution >= 0.6 is 0 Å². The van der Waals surface area contributed by atoms with E-state index in [-0.39, 0.29) is 5.91 Å². The number of carbonyl (C=O) groups excluding carboxylic acids is 1. The zero-order valence-electron chi connectivity index (χ0n) is 12.5. The maximum absolute atomic E-state index is 13.0. The third-order valence-electron chi connectivity index (χ3n) is 5.01. The van der Waals surface area contributed by atoms with Crippen LogP contribution in [-0.4, -0.2) is 47.6 Å². The fraction of sp³-hybridized carbons (Fsp3) is 0.867. The molecule has 114 valence electrons. The Bertz CT molecular complexity index is 377. The Balaban J connectivity index is 2.18. The second-order valence-electron chi connectivity index (χ2n) is 6.40. The molecule has 2 aliphatic rings. The van der Waals surface area contributed by atoms with E-state index in [4.69, 9.17) is 0 Å². The Morgan fingerprint density at radius 1 is 1.45 bits per heavy atom. The maximum Gasteiger partial charge on any atom is 0.326 e. The van der Waals surface area contributed by atoms with Gasteiger partial charge in [-0.2, -0.15) is 0 Å². The highest BCUT2D eigenvalue weighted by molar-refractivity contribution is 5.88. The number of aliphatic carboxylic acids is 1. The van der Waals surface area contributed by atoms with Gasteiger partial charge in [0.25, 0.3) is 0 Å². The molecule has 0 aliphatic carbocycles. The predicted molar refractivity (Wildman–Crippen MR) is 76.4 cm³/mol. The van der Waals surface area contributed by atoms with Crippen molar-refractivity contribution in [2.75, 3.05) is 19.6 Å². The minimum atomic E-state index is -0.861. The van der Waals surface area contributed by atoms with E-state index in [0.29, 0.717) is 25.4 Å². The van der Waals surface area contributed by atoms with Crippen molar-refractivity contribution in [3.05, 3.63) is 0 Å². The lowest BCUT2D eigenvalue weighted by Crippen LogP contribution is -2.58. The molecule has 5 heteroatoms. The van der Waals surface area contributed by atoms with E-state index in [1.54, 1.807) is 4.90 Å². The van der Waals surface area contributed by atoms with Crippen LogP contribution in [0.3, 0.4) is 0 Å². The molecule has 2 heterocycles. The number of piperidine rings is 2. The highest BCUT2D eigenvalue weighted by atomic mass is 16.4. The molecule has 2 rings (SSSR count). The Morgan fingerprint density at radius 3 is 2.75 bits per heavy atom. The molecule has 3 atom stereocenters. The molecule has 0 saturated carbocycles. The molecule has 2 fully saturated rings. The molecule has 3 unspecified atom stereocenters. The number of carboxylic acid groups (broad SMARTS) is 1. The van der Waals surface area contributed by atoms with Crippen LogP contribution in [0.1, 0.15) is 46.0 Å². The van der Waals surface area contributed by atoms with E-state index < -0.39 is 17.4 Å². The van der Waals surface area contributed by atoms with Gasteiger partial charge >= 0.3 is 5.97 Å². The molecular weight excluding hydrogens is 256 g/mol. The smallest absolute Gasteiger partial charge is 0.326 e. The fourth-order valence-electron chi connectivity index (χ4n) is 3.53. The molecule has 5 nitrogen and oxygen atoms in total. The predicted octanol–water partition coefficient (Wildman–Crippen LogP) is 1.48. The second kappa shape index (κ2) is 6.12. The summed E-state index contributed by atoms with van der Waals surface area (Å²) in [7, 11) is 0. The van der Waals surface area contributed by atoms with Gasteiger partial charge < -0.3 is 15.3 Å². The van der Waals surface area contributed by atoms with E-state index in [1.807, 2.05) is 6.92 Å². The van der Waals surface area contributed by atoms with Crippen molar-refractivity contribution >= 4 is 11.9 Å². The number of hydrogen-bond acceptors (Lipinski definition) is 3. The summed E-state index contributed by atoms with van der Waals surface area (Å²) in [6, 6.07) is -0.642. The number of carbonyl (C=O) groups is 2. The van der Waals surface area contributed by atoms with Gasteiger partial charge in [0.1, 0.15) is 6.04 Å². The zero-order chi connectivity index (χ0) is 14.8. The van der Waals surface area contributed by atoms with Gasteiger partial charge in [-0.1, -0.05) is 13.8 Å². The molecule has 2 aliphatic heterocycles. The molecule has 0 aromatic rings. The van der Waals surface area contributed by atoms with Crippen LogP contribution in [0, 0.1) is 11.3 Å². The molecule has 0 radical (unpaired) electrons. The Morgan fingerprint density at radius 2 is 2.20 bits per heavy atom. The number of likely N-dealkylation sites (tertiary alicyclic amines) is 1. The first-order valence-electron chi connectivity index (χ1n) is 7.75. The van der Waals surface area contributed by atoms with Gasteiger partial charge in [0, 0.05) is 13.1 Å². The summed E-state index contributed by atoms with van der Waals surface area (Å²) in [6.07, 6.45) is 4.11. The first kappa shape index (κ1) is 15.3. The summed E-state index contributed by atoms with van der Waals surface area (Å²) >= 11 is 0. The molecule has 1 amide bonds.